The Bertz CT molecular complexity index is 1210. The lowest BCUT2D eigenvalue weighted by Crippen LogP contribution is -2.28. The Hall–Kier alpha value is -2.92. The lowest BCUT2D eigenvalue weighted by molar-refractivity contribution is -0.644. The Labute approximate surface area is 199 Å². The van der Waals surface area contributed by atoms with Crippen molar-refractivity contribution in [2.75, 3.05) is 31.4 Å². The monoisotopic (exact) mass is 488 g/mol. The Morgan fingerprint density at radius 1 is 1.18 bits per heavy atom. The van der Waals surface area contributed by atoms with Gasteiger partial charge >= 0.3 is 0 Å². The van der Waals surface area contributed by atoms with Gasteiger partial charge in [0.2, 0.25) is 15.9 Å². The molecule has 10 heteroatoms. The van der Waals surface area contributed by atoms with Gasteiger partial charge in [-0.2, -0.15) is 0 Å². The third kappa shape index (κ3) is 8.85. The lowest BCUT2D eigenvalue weighted by atomic mass is 10.1. The van der Waals surface area contributed by atoms with Crippen LogP contribution in [0.3, 0.4) is 0 Å². The van der Waals surface area contributed by atoms with Crippen molar-refractivity contribution in [3.63, 3.8) is 0 Å². The van der Waals surface area contributed by atoms with Crippen LogP contribution in [-0.2, 0) is 21.6 Å². The molecular weight excluding hydrogens is 460 g/mol. The van der Waals surface area contributed by atoms with Crippen molar-refractivity contribution < 1.29 is 21.7 Å². The van der Waals surface area contributed by atoms with Crippen LogP contribution in [0.2, 0.25) is 0 Å². The van der Waals surface area contributed by atoms with Crippen LogP contribution in [0, 0.1) is 5.41 Å². The van der Waals surface area contributed by atoms with Crippen LogP contribution in [0.25, 0.3) is 23.1 Å². The first-order chi connectivity index (χ1) is 15.6. The van der Waals surface area contributed by atoms with E-state index in [1.54, 1.807) is 0 Å². The molecule has 0 aliphatic rings. The molecule has 3 rings (SSSR count). The third-order valence-electron chi connectivity index (χ3n) is 4.75. The largest absolute Gasteiger partial charge is 0.726 e. The number of aryl methyl sites for hydroxylation is 1. The summed E-state index contributed by atoms with van der Waals surface area (Å²) in [6, 6.07) is 19.1. The second-order valence-electron chi connectivity index (χ2n) is 7.03. The molecule has 0 amide bonds. The molecule has 0 aliphatic carbocycles. The van der Waals surface area contributed by atoms with E-state index in [9.17, 15) is 13.0 Å². The minimum atomic E-state index is -4.41. The van der Waals surface area contributed by atoms with Gasteiger partial charge in [-0.15, -0.1) is 0 Å². The zero-order valence-electron chi connectivity index (χ0n) is 18.8. The minimum Gasteiger partial charge on any atom is -0.726 e. The van der Waals surface area contributed by atoms with Gasteiger partial charge in [0, 0.05) is 37.2 Å². The Morgan fingerprint density at radius 2 is 1.82 bits per heavy atom. The lowest BCUT2D eigenvalue weighted by Gasteiger charge is -2.18. The van der Waals surface area contributed by atoms with Gasteiger partial charge in [-0.05, 0) is 29.3 Å². The molecule has 0 fully saturated rings. The molecule has 0 bridgehead atoms. The van der Waals surface area contributed by atoms with Crippen LogP contribution in [0.15, 0.2) is 60.8 Å². The van der Waals surface area contributed by atoms with Crippen molar-refractivity contribution in [3.8, 4) is 0 Å². The summed E-state index contributed by atoms with van der Waals surface area (Å²) < 4.78 is 33.2. The second kappa shape index (κ2) is 12.4. The highest BCUT2D eigenvalue weighted by Crippen LogP contribution is 2.19. The third-order valence-corrected chi connectivity index (χ3v) is 5.86. The van der Waals surface area contributed by atoms with E-state index in [0.717, 1.165) is 25.1 Å². The van der Waals surface area contributed by atoms with Gasteiger partial charge in [0.25, 0.3) is 0 Å². The fraction of sp³-hybridized carbons (Fsp3) is 0.217. The number of nitrogens with two attached hydrogens (primary N) is 1. The highest BCUT2D eigenvalue weighted by Gasteiger charge is 2.06. The molecule has 0 atom stereocenters. The van der Waals surface area contributed by atoms with E-state index in [4.69, 9.17) is 11.1 Å². The quantitative estimate of drug-likeness (QED) is 0.172. The molecule has 33 heavy (non-hydrogen) atoms. The van der Waals surface area contributed by atoms with Crippen molar-refractivity contribution in [2.45, 2.75) is 0 Å². The average molecular weight is 489 g/mol. The van der Waals surface area contributed by atoms with Crippen molar-refractivity contribution >= 4 is 56.1 Å². The summed E-state index contributed by atoms with van der Waals surface area (Å²) in [7, 11) is 0.522. The van der Waals surface area contributed by atoms with E-state index in [1.165, 1.54) is 33.8 Å². The Kier molecular flexibility index (Phi) is 9.86. The number of nitrogens with zero attached hydrogens (tertiary/aromatic N) is 2. The zero-order valence-corrected chi connectivity index (χ0v) is 20.4. The van der Waals surface area contributed by atoms with Crippen molar-refractivity contribution in [1.29, 1.82) is 5.41 Å². The Balaban J connectivity index is 0.000000569. The standard InChI is InChI=1S/C22H25N4S.CH4O4S/c1-25(15-16-27-22(23)24)19-11-8-17(9-12-19)7-10-18-13-14-26(2)21-6-4-3-5-20(18)21;1-5-6(2,3)4/h3-14H,15-16H2,1-2H3,(H3,23,24);1H3,(H,2,3,4)/q+1;/p-1. The van der Waals surface area contributed by atoms with Gasteiger partial charge in [0.1, 0.15) is 7.05 Å². The van der Waals surface area contributed by atoms with E-state index < -0.39 is 10.4 Å². The molecule has 2 aromatic carbocycles. The molecule has 176 valence electrons. The number of rotatable bonds is 7. The number of hydrogen-bond donors (Lipinski definition) is 2. The number of hydrogen-bond acceptors (Lipinski definition) is 7. The normalized spacial score (nSPS) is 11.3. The number of pyridine rings is 1. The SMILES string of the molecule is CN(CCSC(=N)N)c1ccc(/C=C/c2cc[n+](C)c3ccccc23)cc1.COS(=O)(=O)[O-]. The molecule has 1 aromatic heterocycles. The summed E-state index contributed by atoms with van der Waals surface area (Å²) in [5, 5.41) is 8.68. The highest BCUT2D eigenvalue weighted by atomic mass is 32.3. The van der Waals surface area contributed by atoms with Crippen LogP contribution in [0.1, 0.15) is 11.1 Å². The highest BCUT2D eigenvalue weighted by molar-refractivity contribution is 8.13. The first kappa shape index (κ1) is 26.3. The van der Waals surface area contributed by atoms with E-state index in [1.807, 2.05) is 0 Å². The fourth-order valence-corrected chi connectivity index (χ4v) is 3.57. The molecule has 8 nitrogen and oxygen atoms in total. The van der Waals surface area contributed by atoms with Gasteiger partial charge in [-0.25, -0.2) is 13.0 Å². The van der Waals surface area contributed by atoms with Gasteiger partial charge < -0.3 is 15.2 Å². The van der Waals surface area contributed by atoms with Gasteiger partial charge in [0.15, 0.2) is 11.4 Å². The molecule has 0 unspecified atom stereocenters. The Morgan fingerprint density at radius 3 is 2.42 bits per heavy atom. The predicted molar refractivity (Wildman–Crippen MR) is 135 cm³/mol. The van der Waals surface area contributed by atoms with E-state index >= 15 is 0 Å². The number of benzene rings is 2. The predicted octanol–water partition coefficient (Wildman–Crippen LogP) is 2.99. The summed E-state index contributed by atoms with van der Waals surface area (Å²) in [5.74, 6) is 0.812. The van der Waals surface area contributed by atoms with Gasteiger partial charge in [-0.1, -0.05) is 48.2 Å². The first-order valence-corrected chi connectivity index (χ1v) is 12.3. The summed E-state index contributed by atoms with van der Waals surface area (Å²) in [6.07, 6.45) is 6.42. The number of para-hydroxylation sites is 1. The molecule has 0 aliphatic heterocycles. The summed E-state index contributed by atoms with van der Waals surface area (Å²) in [6.45, 7) is 0.854. The summed E-state index contributed by atoms with van der Waals surface area (Å²) in [4.78, 5) is 2.17. The first-order valence-electron chi connectivity index (χ1n) is 9.95. The molecule has 0 saturated heterocycles. The zero-order chi connectivity index (χ0) is 24.4. The number of nitrogens with one attached hydrogen (secondary N) is 1. The van der Waals surface area contributed by atoms with Gasteiger partial charge in [-0.3, -0.25) is 9.59 Å². The van der Waals surface area contributed by atoms with Crippen LogP contribution < -0.4 is 15.2 Å². The van der Waals surface area contributed by atoms with Crippen LogP contribution >= 0.6 is 11.8 Å². The van der Waals surface area contributed by atoms with Crippen LogP contribution in [-0.4, -0.2) is 44.6 Å². The maximum atomic E-state index is 9.22. The van der Waals surface area contributed by atoms with Crippen LogP contribution in [0.5, 0.6) is 0 Å². The summed E-state index contributed by atoms with van der Waals surface area (Å²) in [5.41, 5.74) is 10.1. The average Bonchev–Trinajstić information content (AvgIpc) is 2.79. The number of aromatic nitrogens is 1. The van der Waals surface area contributed by atoms with E-state index in [-0.39, 0.29) is 5.17 Å². The van der Waals surface area contributed by atoms with Crippen molar-refractivity contribution in [1.82, 2.24) is 0 Å². The maximum absolute atomic E-state index is 9.22. The molecule has 0 saturated carbocycles. The molecular formula is C23H28N4O4S2. The fourth-order valence-electron chi connectivity index (χ4n) is 2.98. The molecule has 1 heterocycles. The molecule has 0 spiro atoms. The summed E-state index contributed by atoms with van der Waals surface area (Å²) >= 11 is 1.37. The topological polar surface area (TPSA) is 123 Å². The molecule has 0 radical (unpaired) electrons. The van der Waals surface area contributed by atoms with E-state index in [2.05, 4.69) is 101 Å². The van der Waals surface area contributed by atoms with Crippen LogP contribution in [0.4, 0.5) is 5.69 Å². The molecule has 3 aromatic rings. The number of anilines is 1. The van der Waals surface area contributed by atoms with Gasteiger partial charge in [0.05, 0.1) is 12.5 Å². The number of thioether (sulfide) groups is 1. The van der Waals surface area contributed by atoms with E-state index in [0.29, 0.717) is 0 Å². The minimum absolute atomic E-state index is 0.172. The van der Waals surface area contributed by atoms with Crippen molar-refractivity contribution in [3.05, 3.63) is 71.9 Å². The maximum Gasteiger partial charge on any atom is 0.217 e. The van der Waals surface area contributed by atoms with Crippen molar-refractivity contribution in [2.24, 2.45) is 12.8 Å². The molecule has 3 N–H and O–H groups in total. The second-order valence-corrected chi connectivity index (χ2v) is 9.32. The number of fused-ring (bicyclic) bond motifs is 1. The smallest absolute Gasteiger partial charge is 0.217 e. The number of amidine groups is 1.